The molecule has 0 saturated heterocycles. The molecule has 0 spiro atoms. The monoisotopic (exact) mass is 364 g/mol. The molecule has 1 fully saturated rings. The van der Waals surface area contributed by atoms with Gasteiger partial charge in [-0.1, -0.05) is 29.8 Å². The van der Waals surface area contributed by atoms with Crippen LogP contribution >= 0.6 is 0 Å². The Kier molecular flexibility index (Phi) is 5.94. The van der Waals surface area contributed by atoms with Crippen LogP contribution in [0.1, 0.15) is 42.4 Å². The predicted molar refractivity (Wildman–Crippen MR) is 110 cm³/mol. The summed E-state index contributed by atoms with van der Waals surface area (Å²) in [5.41, 5.74) is 5.09. The highest BCUT2D eigenvalue weighted by Gasteiger charge is 2.30. The Hall–Kier alpha value is -2.62. The van der Waals surface area contributed by atoms with Crippen molar-refractivity contribution in [3.8, 4) is 0 Å². The van der Waals surface area contributed by atoms with Crippen molar-refractivity contribution in [2.45, 2.75) is 46.5 Å². The zero-order chi connectivity index (χ0) is 19.4. The van der Waals surface area contributed by atoms with Crippen LogP contribution in [0.3, 0.4) is 0 Å². The van der Waals surface area contributed by atoms with Crippen molar-refractivity contribution in [1.82, 2.24) is 0 Å². The third kappa shape index (κ3) is 4.97. The van der Waals surface area contributed by atoms with Crippen molar-refractivity contribution < 1.29 is 9.59 Å². The molecule has 0 unspecified atom stereocenters. The second-order valence-electron chi connectivity index (χ2n) is 7.71. The second-order valence-corrected chi connectivity index (χ2v) is 7.71. The van der Waals surface area contributed by atoms with E-state index in [4.69, 9.17) is 0 Å². The molecule has 1 aliphatic carbocycles. The predicted octanol–water partition coefficient (Wildman–Crippen LogP) is 5.00. The first-order valence-electron chi connectivity index (χ1n) is 9.68. The SMILES string of the molecule is Cc1ccc(NC(=O)C2CCC(C(=O)Nc3cc(C)ccc3C)CC2)cc1. The lowest BCUT2D eigenvalue weighted by Gasteiger charge is -2.27. The Morgan fingerprint density at radius 1 is 0.741 bits per heavy atom. The van der Waals surface area contributed by atoms with Crippen LogP contribution in [0, 0.1) is 32.6 Å². The van der Waals surface area contributed by atoms with E-state index in [-0.39, 0.29) is 23.7 Å². The van der Waals surface area contributed by atoms with Crippen LogP contribution in [0.25, 0.3) is 0 Å². The van der Waals surface area contributed by atoms with Crippen molar-refractivity contribution in [3.63, 3.8) is 0 Å². The van der Waals surface area contributed by atoms with Crippen molar-refractivity contribution >= 4 is 23.2 Å². The van der Waals surface area contributed by atoms with Gasteiger partial charge in [0.25, 0.3) is 0 Å². The van der Waals surface area contributed by atoms with Crippen molar-refractivity contribution in [2.24, 2.45) is 11.8 Å². The lowest BCUT2D eigenvalue weighted by molar-refractivity contribution is -0.125. The number of benzene rings is 2. The Bertz CT molecular complexity index is 819. The molecule has 2 aromatic carbocycles. The van der Waals surface area contributed by atoms with Gasteiger partial charge in [-0.25, -0.2) is 0 Å². The lowest BCUT2D eigenvalue weighted by atomic mass is 9.81. The molecule has 1 aliphatic rings. The summed E-state index contributed by atoms with van der Waals surface area (Å²) in [6.07, 6.45) is 3.01. The molecule has 0 aliphatic heterocycles. The van der Waals surface area contributed by atoms with Crippen molar-refractivity contribution in [2.75, 3.05) is 10.6 Å². The summed E-state index contributed by atoms with van der Waals surface area (Å²) < 4.78 is 0. The summed E-state index contributed by atoms with van der Waals surface area (Å²) in [6.45, 7) is 6.05. The van der Waals surface area contributed by atoms with Gasteiger partial charge in [0.1, 0.15) is 0 Å². The summed E-state index contributed by atoms with van der Waals surface area (Å²) >= 11 is 0. The Morgan fingerprint density at radius 2 is 1.26 bits per heavy atom. The van der Waals surface area contributed by atoms with Gasteiger partial charge in [-0.05, 0) is 75.8 Å². The number of anilines is 2. The van der Waals surface area contributed by atoms with Crippen LogP contribution in [-0.2, 0) is 9.59 Å². The van der Waals surface area contributed by atoms with Gasteiger partial charge in [0.15, 0.2) is 0 Å². The van der Waals surface area contributed by atoms with Crippen LogP contribution in [0.4, 0.5) is 11.4 Å². The molecular weight excluding hydrogens is 336 g/mol. The number of hydrogen-bond acceptors (Lipinski definition) is 2. The molecule has 4 heteroatoms. The number of rotatable bonds is 4. The smallest absolute Gasteiger partial charge is 0.227 e. The third-order valence-corrected chi connectivity index (χ3v) is 5.44. The number of aryl methyl sites for hydroxylation is 3. The molecule has 2 amide bonds. The fourth-order valence-corrected chi connectivity index (χ4v) is 3.60. The first-order valence-corrected chi connectivity index (χ1v) is 9.68. The van der Waals surface area contributed by atoms with Crippen molar-refractivity contribution in [1.29, 1.82) is 0 Å². The number of amides is 2. The molecular formula is C23H28N2O2. The third-order valence-electron chi connectivity index (χ3n) is 5.44. The molecule has 4 nitrogen and oxygen atoms in total. The Morgan fingerprint density at radius 3 is 1.85 bits per heavy atom. The van der Waals surface area contributed by atoms with E-state index in [9.17, 15) is 9.59 Å². The van der Waals surface area contributed by atoms with E-state index in [2.05, 4.69) is 10.6 Å². The minimum atomic E-state index is -0.0201. The van der Waals surface area contributed by atoms with Crippen LogP contribution in [0.2, 0.25) is 0 Å². The number of hydrogen-bond donors (Lipinski definition) is 2. The number of nitrogens with one attached hydrogen (secondary N) is 2. The van der Waals surface area contributed by atoms with Gasteiger partial charge in [-0.3, -0.25) is 9.59 Å². The normalized spacial score (nSPS) is 19.4. The van der Waals surface area contributed by atoms with Crippen LogP contribution < -0.4 is 10.6 Å². The molecule has 0 heterocycles. The number of carbonyl (C=O) groups excluding carboxylic acids is 2. The molecule has 2 N–H and O–H groups in total. The first kappa shape index (κ1) is 19.2. The molecule has 142 valence electrons. The molecule has 3 rings (SSSR count). The minimum Gasteiger partial charge on any atom is -0.326 e. The Balaban J connectivity index is 1.52. The maximum Gasteiger partial charge on any atom is 0.227 e. The highest BCUT2D eigenvalue weighted by Crippen LogP contribution is 2.31. The fourth-order valence-electron chi connectivity index (χ4n) is 3.60. The molecule has 1 saturated carbocycles. The average molecular weight is 364 g/mol. The van der Waals surface area contributed by atoms with E-state index in [0.717, 1.165) is 48.2 Å². The zero-order valence-electron chi connectivity index (χ0n) is 16.3. The molecule has 0 bridgehead atoms. The van der Waals surface area contributed by atoms with Gasteiger partial charge in [-0.2, -0.15) is 0 Å². The molecule has 0 radical (unpaired) electrons. The van der Waals surface area contributed by atoms with Crippen LogP contribution in [-0.4, -0.2) is 11.8 Å². The van der Waals surface area contributed by atoms with Crippen LogP contribution in [0.15, 0.2) is 42.5 Å². The van der Waals surface area contributed by atoms with Crippen LogP contribution in [0.5, 0.6) is 0 Å². The Labute approximate surface area is 161 Å². The largest absolute Gasteiger partial charge is 0.326 e. The summed E-state index contributed by atoms with van der Waals surface area (Å²) in [6, 6.07) is 13.9. The fraction of sp³-hybridized carbons (Fsp3) is 0.391. The maximum absolute atomic E-state index is 12.6. The summed E-state index contributed by atoms with van der Waals surface area (Å²) in [7, 11) is 0. The summed E-state index contributed by atoms with van der Waals surface area (Å²) in [5.74, 6) is 0.0951. The minimum absolute atomic E-state index is 0.0175. The quantitative estimate of drug-likeness (QED) is 0.802. The standard InChI is InChI=1S/C23H28N2O2/c1-15-5-12-20(13-6-15)24-22(26)18-8-10-19(11-9-18)23(27)25-21-14-16(2)4-7-17(21)3/h4-7,12-14,18-19H,8-11H2,1-3H3,(H,24,26)(H,25,27). The van der Waals surface area contributed by atoms with E-state index in [1.165, 1.54) is 5.56 Å². The first-order chi connectivity index (χ1) is 12.9. The summed E-state index contributed by atoms with van der Waals surface area (Å²) in [5, 5.41) is 6.07. The van der Waals surface area contributed by atoms with E-state index >= 15 is 0 Å². The van der Waals surface area contributed by atoms with Gasteiger partial charge in [0.05, 0.1) is 0 Å². The molecule has 0 atom stereocenters. The van der Waals surface area contributed by atoms with Gasteiger partial charge in [0.2, 0.25) is 11.8 Å². The molecule has 0 aromatic heterocycles. The lowest BCUT2D eigenvalue weighted by Crippen LogP contribution is -2.32. The van der Waals surface area contributed by atoms with Gasteiger partial charge < -0.3 is 10.6 Å². The highest BCUT2D eigenvalue weighted by atomic mass is 16.2. The maximum atomic E-state index is 12.6. The summed E-state index contributed by atoms with van der Waals surface area (Å²) in [4.78, 5) is 25.1. The van der Waals surface area contributed by atoms with E-state index in [1.807, 2.05) is 63.2 Å². The molecule has 2 aromatic rings. The molecule has 27 heavy (non-hydrogen) atoms. The topological polar surface area (TPSA) is 58.2 Å². The highest BCUT2D eigenvalue weighted by molar-refractivity contribution is 5.95. The van der Waals surface area contributed by atoms with E-state index in [0.29, 0.717) is 0 Å². The van der Waals surface area contributed by atoms with Gasteiger partial charge in [-0.15, -0.1) is 0 Å². The van der Waals surface area contributed by atoms with Gasteiger partial charge >= 0.3 is 0 Å². The zero-order valence-corrected chi connectivity index (χ0v) is 16.3. The van der Waals surface area contributed by atoms with Crippen molar-refractivity contribution in [3.05, 3.63) is 59.2 Å². The second kappa shape index (κ2) is 8.38. The number of carbonyl (C=O) groups is 2. The average Bonchev–Trinajstić information content (AvgIpc) is 2.66. The van der Waals surface area contributed by atoms with E-state index < -0.39 is 0 Å². The van der Waals surface area contributed by atoms with E-state index in [1.54, 1.807) is 0 Å². The van der Waals surface area contributed by atoms with Gasteiger partial charge in [0, 0.05) is 23.2 Å².